The number of methoxy groups -OCH3 is 1. The largest absolute Gasteiger partial charge is 0.375 e. The lowest BCUT2D eigenvalue weighted by molar-refractivity contribution is -0.119. The van der Waals surface area contributed by atoms with Crippen LogP contribution in [0.2, 0.25) is 0 Å². The summed E-state index contributed by atoms with van der Waals surface area (Å²) in [5.74, 6) is 0.369. The number of imidazole rings is 1. The van der Waals surface area contributed by atoms with Gasteiger partial charge >= 0.3 is 0 Å². The van der Waals surface area contributed by atoms with Crippen LogP contribution in [-0.2, 0) is 16.1 Å². The zero-order chi connectivity index (χ0) is 12.3. The maximum atomic E-state index is 11.5. The zero-order valence-electron chi connectivity index (χ0n) is 9.93. The summed E-state index contributed by atoms with van der Waals surface area (Å²) >= 11 is 0. The van der Waals surface area contributed by atoms with E-state index in [9.17, 15) is 4.79 Å². The van der Waals surface area contributed by atoms with Crippen molar-refractivity contribution in [3.63, 3.8) is 0 Å². The fraction of sp³-hybridized carbons (Fsp3) is 0.333. The first-order chi connectivity index (χ1) is 8.26. The molecule has 0 bridgehead atoms. The molecule has 5 heteroatoms. The maximum absolute atomic E-state index is 11.5. The first kappa shape index (κ1) is 11.6. The van der Waals surface area contributed by atoms with Crippen molar-refractivity contribution in [1.29, 1.82) is 0 Å². The van der Waals surface area contributed by atoms with Gasteiger partial charge in [0.2, 0.25) is 5.95 Å². The van der Waals surface area contributed by atoms with Crippen molar-refractivity contribution < 1.29 is 9.53 Å². The van der Waals surface area contributed by atoms with E-state index in [0.717, 1.165) is 17.6 Å². The molecule has 0 aliphatic rings. The van der Waals surface area contributed by atoms with Gasteiger partial charge in [0, 0.05) is 13.7 Å². The molecule has 0 saturated heterocycles. The minimum atomic E-state index is -0.197. The van der Waals surface area contributed by atoms with Crippen molar-refractivity contribution in [2.24, 2.45) is 0 Å². The molecule has 1 aromatic carbocycles. The van der Waals surface area contributed by atoms with E-state index in [4.69, 9.17) is 4.74 Å². The zero-order valence-corrected chi connectivity index (χ0v) is 9.93. The molecule has 90 valence electrons. The molecule has 2 rings (SSSR count). The van der Waals surface area contributed by atoms with Crippen molar-refractivity contribution in [1.82, 2.24) is 9.55 Å². The molecule has 1 heterocycles. The molecular weight excluding hydrogens is 218 g/mol. The predicted molar refractivity (Wildman–Crippen MR) is 65.9 cm³/mol. The van der Waals surface area contributed by atoms with Crippen molar-refractivity contribution >= 4 is 22.9 Å². The number of carbonyl (C=O) groups is 1. The van der Waals surface area contributed by atoms with Gasteiger partial charge in [0.05, 0.1) is 11.0 Å². The van der Waals surface area contributed by atoms with E-state index in [0.29, 0.717) is 5.95 Å². The summed E-state index contributed by atoms with van der Waals surface area (Å²) in [7, 11) is 1.49. The monoisotopic (exact) mass is 233 g/mol. The second-order valence-corrected chi connectivity index (χ2v) is 3.65. The number of anilines is 1. The molecule has 0 unspecified atom stereocenters. The number of amides is 1. The SMILES string of the molecule is CCn1c(NC(=O)COC)nc2ccccc21. The number of rotatable bonds is 4. The second kappa shape index (κ2) is 4.97. The molecule has 0 aliphatic heterocycles. The highest BCUT2D eigenvalue weighted by atomic mass is 16.5. The average molecular weight is 233 g/mol. The van der Waals surface area contributed by atoms with Crippen LogP contribution in [0.3, 0.4) is 0 Å². The van der Waals surface area contributed by atoms with Gasteiger partial charge in [-0.2, -0.15) is 0 Å². The topological polar surface area (TPSA) is 56.2 Å². The molecule has 0 saturated carbocycles. The maximum Gasteiger partial charge on any atom is 0.252 e. The van der Waals surface area contributed by atoms with Crippen LogP contribution in [0, 0.1) is 0 Å². The molecule has 17 heavy (non-hydrogen) atoms. The summed E-state index contributed by atoms with van der Waals surface area (Å²) in [6.45, 7) is 2.80. The summed E-state index contributed by atoms with van der Waals surface area (Å²) in [5, 5.41) is 2.74. The average Bonchev–Trinajstić information content (AvgIpc) is 2.66. The van der Waals surface area contributed by atoms with Crippen LogP contribution in [0.25, 0.3) is 11.0 Å². The lowest BCUT2D eigenvalue weighted by atomic mass is 10.3. The highest BCUT2D eigenvalue weighted by Crippen LogP contribution is 2.19. The lowest BCUT2D eigenvalue weighted by Crippen LogP contribution is -2.19. The van der Waals surface area contributed by atoms with Gasteiger partial charge < -0.3 is 9.30 Å². The Bertz CT molecular complexity index is 534. The van der Waals surface area contributed by atoms with Gasteiger partial charge in [0.1, 0.15) is 6.61 Å². The second-order valence-electron chi connectivity index (χ2n) is 3.65. The molecular formula is C12H15N3O2. The Morgan fingerprint density at radius 1 is 1.47 bits per heavy atom. The van der Waals surface area contributed by atoms with E-state index in [1.807, 2.05) is 35.8 Å². The van der Waals surface area contributed by atoms with E-state index < -0.39 is 0 Å². The number of ether oxygens (including phenoxy) is 1. The minimum Gasteiger partial charge on any atom is -0.375 e. The number of fused-ring (bicyclic) bond motifs is 1. The number of nitrogens with one attached hydrogen (secondary N) is 1. The number of hydrogen-bond donors (Lipinski definition) is 1. The normalized spacial score (nSPS) is 10.7. The van der Waals surface area contributed by atoms with Crippen LogP contribution in [0.5, 0.6) is 0 Å². The summed E-state index contributed by atoms with van der Waals surface area (Å²) in [6, 6.07) is 7.79. The first-order valence-corrected chi connectivity index (χ1v) is 5.50. The van der Waals surface area contributed by atoms with Gasteiger partial charge in [-0.3, -0.25) is 10.1 Å². The molecule has 0 spiro atoms. The van der Waals surface area contributed by atoms with Gasteiger partial charge in [-0.1, -0.05) is 12.1 Å². The van der Waals surface area contributed by atoms with Gasteiger partial charge in [0.15, 0.2) is 0 Å². The first-order valence-electron chi connectivity index (χ1n) is 5.50. The Hall–Kier alpha value is -1.88. The summed E-state index contributed by atoms with van der Waals surface area (Å²) in [6.07, 6.45) is 0. The van der Waals surface area contributed by atoms with Crippen molar-refractivity contribution in [2.45, 2.75) is 13.5 Å². The minimum absolute atomic E-state index is 0.0346. The molecule has 2 aromatic rings. The number of benzene rings is 1. The predicted octanol–water partition coefficient (Wildman–Crippen LogP) is 1.64. The molecule has 1 aromatic heterocycles. The fourth-order valence-electron chi connectivity index (χ4n) is 1.78. The molecule has 1 amide bonds. The Kier molecular flexibility index (Phi) is 3.39. The fourth-order valence-corrected chi connectivity index (χ4v) is 1.78. The van der Waals surface area contributed by atoms with Gasteiger partial charge in [-0.05, 0) is 19.1 Å². The summed E-state index contributed by atoms with van der Waals surface area (Å²) in [5.41, 5.74) is 1.89. The molecule has 0 aliphatic carbocycles. The third-order valence-corrected chi connectivity index (χ3v) is 2.50. The van der Waals surface area contributed by atoms with Crippen LogP contribution in [0.4, 0.5) is 5.95 Å². The van der Waals surface area contributed by atoms with Crippen molar-refractivity contribution in [3.05, 3.63) is 24.3 Å². The van der Waals surface area contributed by atoms with Crippen molar-refractivity contribution in [2.75, 3.05) is 19.0 Å². The third-order valence-electron chi connectivity index (χ3n) is 2.50. The van der Waals surface area contributed by atoms with Crippen molar-refractivity contribution in [3.8, 4) is 0 Å². The van der Waals surface area contributed by atoms with Gasteiger partial charge in [-0.15, -0.1) is 0 Å². The van der Waals surface area contributed by atoms with E-state index in [1.165, 1.54) is 7.11 Å². The van der Waals surface area contributed by atoms with Crippen LogP contribution in [0.15, 0.2) is 24.3 Å². The quantitative estimate of drug-likeness (QED) is 0.873. The number of nitrogens with zero attached hydrogens (tertiary/aromatic N) is 2. The van der Waals surface area contributed by atoms with E-state index in [1.54, 1.807) is 0 Å². The third kappa shape index (κ3) is 2.29. The number of hydrogen-bond acceptors (Lipinski definition) is 3. The number of aromatic nitrogens is 2. The lowest BCUT2D eigenvalue weighted by Gasteiger charge is -2.06. The van der Waals surface area contributed by atoms with E-state index >= 15 is 0 Å². The van der Waals surface area contributed by atoms with Crippen LogP contribution in [0.1, 0.15) is 6.92 Å². The molecule has 1 N–H and O–H groups in total. The molecule has 0 atom stereocenters. The standard InChI is InChI=1S/C12H15N3O2/c1-3-15-10-7-5-4-6-9(10)13-12(15)14-11(16)8-17-2/h4-7H,3,8H2,1-2H3,(H,13,14,16). The van der Waals surface area contributed by atoms with E-state index in [-0.39, 0.29) is 12.5 Å². The smallest absolute Gasteiger partial charge is 0.252 e. The highest BCUT2D eigenvalue weighted by molar-refractivity contribution is 5.92. The Balaban J connectivity index is 2.36. The summed E-state index contributed by atoms with van der Waals surface area (Å²) in [4.78, 5) is 15.8. The van der Waals surface area contributed by atoms with Crippen LogP contribution >= 0.6 is 0 Å². The molecule has 0 fully saturated rings. The van der Waals surface area contributed by atoms with Gasteiger partial charge in [0.25, 0.3) is 5.91 Å². The Labute approximate surface area is 99.4 Å². The Morgan fingerprint density at radius 3 is 2.94 bits per heavy atom. The highest BCUT2D eigenvalue weighted by Gasteiger charge is 2.11. The van der Waals surface area contributed by atoms with Crippen LogP contribution in [-0.4, -0.2) is 29.2 Å². The number of aryl methyl sites for hydroxylation is 1. The van der Waals surface area contributed by atoms with Crippen LogP contribution < -0.4 is 5.32 Å². The number of carbonyl (C=O) groups excluding carboxylic acids is 1. The van der Waals surface area contributed by atoms with E-state index in [2.05, 4.69) is 10.3 Å². The number of para-hydroxylation sites is 2. The Morgan fingerprint density at radius 2 is 2.24 bits per heavy atom. The summed E-state index contributed by atoms with van der Waals surface area (Å²) < 4.78 is 6.74. The molecule has 5 nitrogen and oxygen atoms in total. The molecule has 0 radical (unpaired) electrons. The van der Waals surface area contributed by atoms with Gasteiger partial charge in [-0.25, -0.2) is 4.98 Å².